The number of hydrogen-bond donors (Lipinski definition) is 1. The first-order chi connectivity index (χ1) is 20.4. The average molecular weight is 606 g/mol. The zero-order valence-electron chi connectivity index (χ0n) is 23.0. The number of carbonyl (C=O) groups is 2. The lowest BCUT2D eigenvalue weighted by Crippen LogP contribution is -2.29. The molecular formula is C31H28FN3O5S2. The van der Waals surface area contributed by atoms with E-state index in [2.05, 4.69) is 17.1 Å². The van der Waals surface area contributed by atoms with Crippen LogP contribution in [0.2, 0.25) is 0 Å². The Morgan fingerprint density at radius 1 is 1.05 bits per heavy atom. The number of anilines is 1. The highest BCUT2D eigenvalue weighted by Crippen LogP contribution is 2.44. The Bertz CT molecular complexity index is 1610. The number of nitrogens with zero attached hydrogens (tertiary/aromatic N) is 3. The van der Waals surface area contributed by atoms with Crippen LogP contribution in [-0.2, 0) is 15.3 Å². The number of thioether (sulfide) groups is 1. The Morgan fingerprint density at radius 2 is 1.81 bits per heavy atom. The smallest absolute Gasteiger partial charge is 0.301 e. The summed E-state index contributed by atoms with van der Waals surface area (Å²) in [5.41, 5.74) is 1.77. The molecule has 0 aliphatic carbocycles. The van der Waals surface area contributed by atoms with Gasteiger partial charge in [0.1, 0.15) is 23.1 Å². The number of ketones is 1. The second-order valence-electron chi connectivity index (χ2n) is 9.44. The van der Waals surface area contributed by atoms with E-state index in [-0.39, 0.29) is 22.3 Å². The summed E-state index contributed by atoms with van der Waals surface area (Å²) >= 11 is 2.54. The van der Waals surface area contributed by atoms with Crippen molar-refractivity contribution in [3.8, 4) is 11.5 Å². The van der Waals surface area contributed by atoms with Gasteiger partial charge in [-0.3, -0.25) is 14.5 Å². The van der Waals surface area contributed by atoms with Crippen molar-refractivity contribution in [2.24, 2.45) is 0 Å². The largest absolute Gasteiger partial charge is 0.507 e. The molecule has 5 rings (SSSR count). The van der Waals surface area contributed by atoms with Gasteiger partial charge >= 0.3 is 5.91 Å². The molecule has 1 saturated heterocycles. The van der Waals surface area contributed by atoms with Gasteiger partial charge in [-0.1, -0.05) is 60.7 Å². The fourth-order valence-electron chi connectivity index (χ4n) is 4.44. The van der Waals surface area contributed by atoms with Gasteiger partial charge in [-0.25, -0.2) is 4.39 Å². The third kappa shape index (κ3) is 6.32. The highest BCUT2D eigenvalue weighted by atomic mass is 32.2. The fourth-order valence-corrected chi connectivity index (χ4v) is 6.26. The van der Waals surface area contributed by atoms with Gasteiger partial charge in [0, 0.05) is 11.3 Å². The number of halogens is 1. The summed E-state index contributed by atoms with van der Waals surface area (Å²) in [6.45, 7) is 2.66. The van der Waals surface area contributed by atoms with Crippen LogP contribution in [0.1, 0.15) is 42.5 Å². The molecule has 1 aromatic heterocycles. The number of aromatic nitrogens is 2. The van der Waals surface area contributed by atoms with E-state index in [4.69, 9.17) is 9.47 Å². The lowest BCUT2D eigenvalue weighted by Gasteiger charge is -2.23. The van der Waals surface area contributed by atoms with Crippen LogP contribution in [0.25, 0.3) is 5.76 Å². The summed E-state index contributed by atoms with van der Waals surface area (Å²) in [7, 11) is 1.52. The predicted molar refractivity (Wildman–Crippen MR) is 160 cm³/mol. The Kier molecular flexibility index (Phi) is 9.19. The van der Waals surface area contributed by atoms with Crippen LogP contribution in [0.4, 0.5) is 9.52 Å². The molecule has 0 saturated carbocycles. The average Bonchev–Trinajstić information content (AvgIpc) is 3.58. The van der Waals surface area contributed by atoms with Crippen LogP contribution in [0.5, 0.6) is 11.5 Å². The van der Waals surface area contributed by atoms with Crippen LogP contribution >= 0.6 is 23.1 Å². The monoisotopic (exact) mass is 605 g/mol. The first-order valence-corrected chi connectivity index (χ1v) is 15.1. The normalized spacial score (nSPS) is 16.2. The van der Waals surface area contributed by atoms with Crippen molar-refractivity contribution >= 4 is 45.7 Å². The summed E-state index contributed by atoms with van der Waals surface area (Å²) in [6.07, 6.45) is 1.93. The van der Waals surface area contributed by atoms with Crippen LogP contribution in [0, 0.1) is 5.82 Å². The molecule has 3 aromatic carbocycles. The molecule has 216 valence electrons. The van der Waals surface area contributed by atoms with Gasteiger partial charge in [0.2, 0.25) is 5.13 Å². The summed E-state index contributed by atoms with van der Waals surface area (Å²) in [6, 6.07) is 18.9. The molecule has 1 N–H and O–H groups in total. The third-order valence-electron chi connectivity index (χ3n) is 6.63. The molecule has 0 bridgehead atoms. The van der Waals surface area contributed by atoms with Crippen LogP contribution in [-0.4, -0.2) is 40.7 Å². The van der Waals surface area contributed by atoms with E-state index in [9.17, 15) is 19.1 Å². The number of ether oxygens (including phenoxy) is 2. The highest BCUT2D eigenvalue weighted by molar-refractivity contribution is 8.00. The number of amides is 1. The Labute approximate surface area is 250 Å². The maximum atomic E-state index is 13.5. The summed E-state index contributed by atoms with van der Waals surface area (Å²) in [4.78, 5) is 28.2. The Morgan fingerprint density at radius 3 is 2.52 bits per heavy atom. The molecule has 4 aromatic rings. The number of aliphatic hydroxyl groups excluding tert-OH is 1. The van der Waals surface area contributed by atoms with E-state index < -0.39 is 17.7 Å². The number of aliphatic hydroxyl groups is 1. The van der Waals surface area contributed by atoms with E-state index in [1.165, 1.54) is 35.9 Å². The van der Waals surface area contributed by atoms with Crippen molar-refractivity contribution in [3.05, 3.63) is 101 Å². The standard InChI is InChI=1S/C31H28FN3O5S2/c1-3-4-16-40-23-14-10-20(11-15-23)27(36)25-26(21-6-5-7-24(17-21)39-2)35(29(38)28(25)37)30-33-34-31(42-30)41-18-19-8-12-22(32)13-9-19/h5-15,17,26,36H,3-4,16,18H2,1-2H3/t26-/m1/s1. The molecule has 2 heterocycles. The molecule has 1 aliphatic rings. The van der Waals surface area contributed by atoms with Gasteiger partial charge in [-0.15, -0.1) is 10.2 Å². The van der Waals surface area contributed by atoms with Crippen LogP contribution < -0.4 is 14.4 Å². The minimum Gasteiger partial charge on any atom is -0.507 e. The quantitative estimate of drug-likeness (QED) is 0.0499. The summed E-state index contributed by atoms with van der Waals surface area (Å²) in [5.74, 6) is -0.589. The number of Topliss-reactive ketones (excluding diaryl/α,β-unsaturated/α-hetero) is 1. The van der Waals surface area contributed by atoms with Crippen molar-refractivity contribution in [3.63, 3.8) is 0 Å². The van der Waals surface area contributed by atoms with E-state index in [1.807, 2.05) is 0 Å². The molecule has 0 radical (unpaired) electrons. The molecule has 1 fully saturated rings. The number of unbranched alkanes of at least 4 members (excludes halogenated alkanes) is 1. The number of carbonyl (C=O) groups excluding carboxylic acids is 2. The van der Waals surface area contributed by atoms with E-state index in [0.29, 0.717) is 39.3 Å². The van der Waals surface area contributed by atoms with Gasteiger partial charge in [0.05, 0.1) is 25.3 Å². The summed E-state index contributed by atoms with van der Waals surface area (Å²) < 4.78 is 24.9. The van der Waals surface area contributed by atoms with Gasteiger partial charge in [-0.05, 0) is 66.1 Å². The molecular weight excluding hydrogens is 577 g/mol. The fraction of sp³-hybridized carbons (Fsp3) is 0.226. The van der Waals surface area contributed by atoms with Crippen molar-refractivity contribution in [1.82, 2.24) is 10.2 Å². The van der Waals surface area contributed by atoms with Gasteiger partial charge in [0.25, 0.3) is 5.78 Å². The maximum absolute atomic E-state index is 13.5. The van der Waals surface area contributed by atoms with Gasteiger partial charge in [0.15, 0.2) is 4.34 Å². The maximum Gasteiger partial charge on any atom is 0.301 e. The summed E-state index contributed by atoms with van der Waals surface area (Å²) in [5, 5.41) is 20.1. The number of benzene rings is 3. The predicted octanol–water partition coefficient (Wildman–Crippen LogP) is 6.78. The lowest BCUT2D eigenvalue weighted by atomic mass is 9.95. The van der Waals surface area contributed by atoms with Crippen molar-refractivity contribution in [1.29, 1.82) is 0 Å². The highest BCUT2D eigenvalue weighted by Gasteiger charge is 2.48. The molecule has 11 heteroatoms. The zero-order chi connectivity index (χ0) is 29.6. The first-order valence-electron chi connectivity index (χ1n) is 13.3. The Hall–Kier alpha value is -4.22. The number of rotatable bonds is 11. The molecule has 0 spiro atoms. The van der Waals surface area contributed by atoms with E-state index >= 15 is 0 Å². The van der Waals surface area contributed by atoms with E-state index in [1.54, 1.807) is 60.7 Å². The zero-order valence-corrected chi connectivity index (χ0v) is 24.6. The first kappa shape index (κ1) is 29.3. The van der Waals surface area contributed by atoms with E-state index in [0.717, 1.165) is 29.7 Å². The van der Waals surface area contributed by atoms with Crippen LogP contribution in [0.3, 0.4) is 0 Å². The molecule has 1 aliphatic heterocycles. The third-order valence-corrected chi connectivity index (χ3v) is 8.75. The second kappa shape index (κ2) is 13.2. The van der Waals surface area contributed by atoms with Gasteiger partial charge < -0.3 is 14.6 Å². The SMILES string of the molecule is CCCCOc1ccc(C(O)=C2C(=O)C(=O)N(c3nnc(SCc4ccc(F)cc4)s3)[C@@H]2c2cccc(OC)c2)cc1. The molecule has 0 unspecified atom stereocenters. The molecule has 8 nitrogen and oxygen atoms in total. The van der Waals surface area contributed by atoms with Crippen molar-refractivity contribution in [2.75, 3.05) is 18.6 Å². The minimum absolute atomic E-state index is 0.0661. The topological polar surface area (TPSA) is 102 Å². The molecule has 1 atom stereocenters. The Balaban J connectivity index is 1.49. The molecule has 1 amide bonds. The van der Waals surface area contributed by atoms with Crippen LogP contribution in [0.15, 0.2) is 82.7 Å². The number of methoxy groups -OCH3 is 1. The van der Waals surface area contributed by atoms with Gasteiger partial charge in [-0.2, -0.15) is 0 Å². The minimum atomic E-state index is -0.969. The lowest BCUT2D eigenvalue weighted by molar-refractivity contribution is -0.132. The molecule has 42 heavy (non-hydrogen) atoms. The number of hydrogen-bond acceptors (Lipinski definition) is 9. The van der Waals surface area contributed by atoms with Crippen molar-refractivity contribution in [2.45, 2.75) is 35.9 Å². The second-order valence-corrected chi connectivity index (χ2v) is 11.6. The van der Waals surface area contributed by atoms with Crippen molar-refractivity contribution < 1.29 is 28.6 Å².